The monoisotopic (exact) mass is 547 g/mol. The second kappa shape index (κ2) is 9.67. The van der Waals surface area contributed by atoms with E-state index in [-0.39, 0.29) is 24.0 Å². The summed E-state index contributed by atoms with van der Waals surface area (Å²) in [5.41, 5.74) is 7.74. The minimum atomic E-state index is -0.653. The van der Waals surface area contributed by atoms with E-state index in [2.05, 4.69) is 43.8 Å². The quantitative estimate of drug-likeness (QED) is 0.465. The number of alkyl carbamates (subject to hydrolysis) is 1. The molecule has 2 amide bonds. The molecule has 12 heteroatoms. The van der Waals surface area contributed by atoms with Crippen LogP contribution in [-0.4, -0.2) is 88.7 Å². The maximum Gasteiger partial charge on any atom is 0.408 e. The molecule has 0 radical (unpaired) electrons. The molecule has 3 saturated heterocycles. The summed E-state index contributed by atoms with van der Waals surface area (Å²) in [5, 5.41) is 18.8. The Morgan fingerprint density at radius 3 is 2.75 bits per heavy atom. The van der Waals surface area contributed by atoms with Crippen molar-refractivity contribution < 1.29 is 14.3 Å². The van der Waals surface area contributed by atoms with Crippen molar-refractivity contribution in [3.63, 3.8) is 0 Å². The predicted molar refractivity (Wildman–Crippen MR) is 148 cm³/mol. The number of carbonyl (C=O) groups is 2. The number of piperazine rings is 1. The number of hydrazine groups is 2. The summed E-state index contributed by atoms with van der Waals surface area (Å²) in [6.07, 6.45) is 2.04. The normalized spacial score (nSPS) is 29.8. The molecule has 212 valence electrons. The SMILES string of the molecule is C=C([C@H](CN1C[C@@H]2C[C@H]1C(=O)N2c1ccccc1C1=NNN(C)N1)NC(=O)OC(C)(C)C)N1C2CC2C[C@H]1C#N. The third kappa shape index (κ3) is 4.73. The molecule has 1 aromatic carbocycles. The molecule has 1 saturated carbocycles. The third-order valence-corrected chi connectivity index (χ3v) is 8.37. The van der Waals surface area contributed by atoms with Crippen LogP contribution in [0, 0.1) is 17.2 Å². The van der Waals surface area contributed by atoms with Gasteiger partial charge in [0.1, 0.15) is 11.6 Å². The maximum absolute atomic E-state index is 13.8. The van der Waals surface area contributed by atoms with Gasteiger partial charge in [0.25, 0.3) is 0 Å². The minimum Gasteiger partial charge on any atom is -0.444 e. The largest absolute Gasteiger partial charge is 0.444 e. The zero-order valence-corrected chi connectivity index (χ0v) is 23.4. The molecule has 1 aliphatic carbocycles. The molecule has 6 rings (SSSR count). The molecule has 1 aromatic rings. The van der Waals surface area contributed by atoms with Gasteiger partial charge < -0.3 is 19.9 Å². The number of amides is 2. The van der Waals surface area contributed by atoms with Crippen LogP contribution in [0.3, 0.4) is 0 Å². The topological polar surface area (TPSA) is 129 Å². The van der Waals surface area contributed by atoms with Crippen LogP contribution in [0.1, 0.15) is 45.6 Å². The van der Waals surface area contributed by atoms with Gasteiger partial charge in [-0.1, -0.05) is 18.7 Å². The number of carbonyl (C=O) groups excluding carboxylic acids is 2. The van der Waals surface area contributed by atoms with Crippen molar-refractivity contribution in [1.82, 2.24) is 31.2 Å². The van der Waals surface area contributed by atoms with E-state index in [1.807, 2.05) is 57.0 Å². The van der Waals surface area contributed by atoms with Crippen molar-refractivity contribution in [2.45, 2.75) is 75.8 Å². The fourth-order valence-electron chi connectivity index (χ4n) is 6.60. The second-order valence-electron chi connectivity index (χ2n) is 12.4. The minimum absolute atomic E-state index is 0.00626. The molecular weight excluding hydrogens is 510 g/mol. The van der Waals surface area contributed by atoms with Crippen molar-refractivity contribution >= 4 is 23.5 Å². The first-order valence-corrected chi connectivity index (χ1v) is 13.9. The first kappa shape index (κ1) is 26.4. The van der Waals surface area contributed by atoms with Gasteiger partial charge in [-0.25, -0.2) is 10.3 Å². The number of fused-ring (bicyclic) bond motifs is 3. The van der Waals surface area contributed by atoms with Crippen LogP contribution in [0.4, 0.5) is 10.5 Å². The predicted octanol–water partition coefficient (Wildman–Crippen LogP) is 1.49. The van der Waals surface area contributed by atoms with E-state index in [4.69, 9.17) is 4.74 Å². The molecule has 4 fully saturated rings. The number of anilines is 1. The van der Waals surface area contributed by atoms with Crippen molar-refractivity contribution in [3.05, 3.63) is 42.1 Å². The summed E-state index contributed by atoms with van der Waals surface area (Å²) in [4.78, 5) is 32.8. The van der Waals surface area contributed by atoms with E-state index in [9.17, 15) is 14.9 Å². The Balaban J connectivity index is 1.20. The van der Waals surface area contributed by atoms with Gasteiger partial charge in [-0.15, -0.1) is 10.2 Å². The number of para-hydroxylation sites is 1. The highest BCUT2D eigenvalue weighted by molar-refractivity contribution is 6.09. The van der Waals surface area contributed by atoms with E-state index in [0.717, 1.165) is 24.1 Å². The zero-order valence-electron chi connectivity index (χ0n) is 23.4. The highest BCUT2D eigenvalue weighted by Crippen LogP contribution is 2.49. The van der Waals surface area contributed by atoms with Crippen LogP contribution < -0.4 is 21.2 Å². The van der Waals surface area contributed by atoms with Gasteiger partial charge in [0.15, 0.2) is 5.84 Å². The van der Waals surface area contributed by atoms with Crippen molar-refractivity contribution in [2.24, 2.45) is 11.0 Å². The molecule has 0 aromatic heterocycles. The van der Waals surface area contributed by atoms with E-state index in [0.29, 0.717) is 43.0 Å². The van der Waals surface area contributed by atoms with Gasteiger partial charge in [0, 0.05) is 37.4 Å². The number of nitrogens with one attached hydrogen (secondary N) is 3. The van der Waals surface area contributed by atoms with Gasteiger partial charge in [-0.2, -0.15) is 5.26 Å². The number of hydrogen-bond donors (Lipinski definition) is 3. The van der Waals surface area contributed by atoms with Crippen LogP contribution in [0.5, 0.6) is 0 Å². The average Bonchev–Trinajstić information content (AvgIpc) is 3.24. The second-order valence-corrected chi connectivity index (χ2v) is 12.4. The van der Waals surface area contributed by atoms with E-state index in [1.54, 1.807) is 5.12 Å². The number of likely N-dealkylation sites (tertiary alicyclic amines) is 2. The maximum atomic E-state index is 13.8. The van der Waals surface area contributed by atoms with Gasteiger partial charge in [-0.3, -0.25) is 15.1 Å². The van der Waals surface area contributed by atoms with Gasteiger partial charge in [0.05, 0.1) is 29.9 Å². The summed E-state index contributed by atoms with van der Waals surface area (Å²) in [7, 11) is 1.82. The van der Waals surface area contributed by atoms with E-state index >= 15 is 0 Å². The van der Waals surface area contributed by atoms with Crippen molar-refractivity contribution in [2.75, 3.05) is 25.0 Å². The first-order valence-electron chi connectivity index (χ1n) is 13.9. The summed E-state index contributed by atoms with van der Waals surface area (Å²) < 4.78 is 5.57. The Kier molecular flexibility index (Phi) is 6.39. The molecule has 4 heterocycles. The van der Waals surface area contributed by atoms with Crippen molar-refractivity contribution in [1.29, 1.82) is 5.26 Å². The van der Waals surface area contributed by atoms with Crippen LogP contribution in [0.25, 0.3) is 0 Å². The summed E-state index contributed by atoms with van der Waals surface area (Å²) in [6.45, 7) is 10.9. The number of nitriles is 1. The summed E-state index contributed by atoms with van der Waals surface area (Å²) in [5.74, 6) is 1.19. The third-order valence-electron chi connectivity index (χ3n) is 8.37. The Morgan fingerprint density at radius 1 is 1.30 bits per heavy atom. The number of hydrazone groups is 1. The number of rotatable bonds is 7. The molecule has 12 nitrogen and oxygen atoms in total. The van der Waals surface area contributed by atoms with Crippen LogP contribution in [0.15, 0.2) is 41.6 Å². The first-order chi connectivity index (χ1) is 19.0. The van der Waals surface area contributed by atoms with E-state index in [1.165, 1.54) is 0 Å². The lowest BCUT2D eigenvalue weighted by Gasteiger charge is -2.39. The highest BCUT2D eigenvalue weighted by Gasteiger charge is 2.55. The number of hydrogen-bond acceptors (Lipinski definition) is 10. The fraction of sp³-hybridized carbons (Fsp3) is 0.571. The fourth-order valence-corrected chi connectivity index (χ4v) is 6.60. The standard InChI is InChI=1S/C28H37N9O3/c1-16(36-18(13-29)10-17-11-23(17)36)21(30-27(39)40-28(2,3)4)15-35-14-19-12-24(35)26(38)37(19)22-9-7-6-8-20(22)25-31-33-34(5)32-25/h6-9,17-19,21,23-24,33H,1,10-12,14-15H2,2-5H3,(H,30,39)(H,31,32)/t17?,18-,19-,21-,23?,24-/m0/s1. The molecular formula is C28H37N9O3. The van der Waals surface area contributed by atoms with Gasteiger partial charge >= 0.3 is 6.09 Å². The van der Waals surface area contributed by atoms with Crippen LogP contribution in [0.2, 0.25) is 0 Å². The average molecular weight is 548 g/mol. The van der Waals surface area contributed by atoms with E-state index < -0.39 is 17.7 Å². The lowest BCUT2D eigenvalue weighted by molar-refractivity contribution is -0.122. The highest BCUT2D eigenvalue weighted by atomic mass is 16.6. The Labute approximate surface area is 234 Å². The summed E-state index contributed by atoms with van der Waals surface area (Å²) in [6, 6.07) is 9.42. The lowest BCUT2D eigenvalue weighted by atomic mass is 10.1. The van der Waals surface area contributed by atoms with Crippen molar-refractivity contribution in [3.8, 4) is 6.07 Å². The molecule has 6 atom stereocenters. The van der Waals surface area contributed by atoms with Crippen LogP contribution >= 0.6 is 0 Å². The number of amidine groups is 1. The Bertz CT molecular complexity index is 1300. The number of benzene rings is 1. The molecule has 2 unspecified atom stereocenters. The number of nitrogens with zero attached hydrogens (tertiary/aromatic N) is 6. The molecule has 5 aliphatic rings. The van der Waals surface area contributed by atoms with Crippen LogP contribution in [-0.2, 0) is 9.53 Å². The molecule has 4 aliphatic heterocycles. The molecule has 3 N–H and O–H groups in total. The Morgan fingerprint density at radius 2 is 2.08 bits per heavy atom. The Hall–Kier alpha value is -3.82. The molecule has 2 bridgehead atoms. The summed E-state index contributed by atoms with van der Waals surface area (Å²) >= 11 is 0. The number of ether oxygens (including phenoxy) is 1. The van der Waals surface area contributed by atoms with Gasteiger partial charge in [0.2, 0.25) is 5.91 Å². The van der Waals surface area contributed by atoms with Gasteiger partial charge in [-0.05, 0) is 58.1 Å². The zero-order chi connectivity index (χ0) is 28.3. The smallest absolute Gasteiger partial charge is 0.408 e. The molecule has 40 heavy (non-hydrogen) atoms. The molecule has 0 spiro atoms. The number of piperidine rings is 1. The lowest BCUT2D eigenvalue weighted by Crippen LogP contribution is -2.56.